The maximum atomic E-state index is 13.2. The van der Waals surface area contributed by atoms with Gasteiger partial charge in [-0.1, -0.05) is 39.0 Å². The summed E-state index contributed by atoms with van der Waals surface area (Å²) < 4.78 is 27.7. The third kappa shape index (κ3) is 2.87. The van der Waals surface area contributed by atoms with E-state index in [1.807, 2.05) is 20.8 Å². The second-order valence-electron chi connectivity index (χ2n) is 8.59. The maximum Gasteiger partial charge on any atom is 0.261 e. The lowest BCUT2D eigenvalue weighted by molar-refractivity contribution is -0.146. The molecule has 7 heteroatoms. The summed E-state index contributed by atoms with van der Waals surface area (Å²) in [4.78, 5) is 27.6. The molecule has 4 rings (SSSR count). The second kappa shape index (κ2) is 6.42. The molecule has 2 bridgehead atoms. The van der Waals surface area contributed by atoms with Crippen LogP contribution in [-0.4, -0.2) is 20.2 Å². The Hall–Kier alpha value is -2.67. The van der Waals surface area contributed by atoms with Crippen molar-refractivity contribution in [3.63, 3.8) is 0 Å². The van der Waals surface area contributed by atoms with Crippen molar-refractivity contribution >= 4 is 33.2 Å². The number of anilines is 2. The molecule has 1 heterocycles. The lowest BCUT2D eigenvalue weighted by atomic mass is 9.62. The van der Waals surface area contributed by atoms with Gasteiger partial charge in [0.1, 0.15) is 0 Å². The number of rotatable bonds is 4. The fourth-order valence-electron chi connectivity index (χ4n) is 4.56. The summed E-state index contributed by atoms with van der Waals surface area (Å²) in [5.41, 5.74) is -0.122. The third-order valence-corrected chi connectivity index (χ3v) is 8.25. The lowest BCUT2D eigenvalue weighted by Crippen LogP contribution is -2.59. The van der Waals surface area contributed by atoms with Gasteiger partial charge in [0.25, 0.3) is 10.0 Å². The summed E-state index contributed by atoms with van der Waals surface area (Å²) in [7, 11) is -3.77. The predicted octanol–water partition coefficient (Wildman–Crippen LogP) is 3.80. The Balaban J connectivity index is 1.63. The zero-order valence-electron chi connectivity index (χ0n) is 16.7. The molecule has 152 valence electrons. The van der Waals surface area contributed by atoms with Crippen molar-refractivity contribution in [1.82, 2.24) is 0 Å². The van der Waals surface area contributed by atoms with Gasteiger partial charge in [0.05, 0.1) is 16.0 Å². The summed E-state index contributed by atoms with van der Waals surface area (Å²) in [5.74, 6) is -0.624. The maximum absolute atomic E-state index is 13.2. The van der Waals surface area contributed by atoms with Crippen molar-refractivity contribution in [2.24, 2.45) is 16.7 Å². The number of piperidine rings is 1. The lowest BCUT2D eigenvalue weighted by Gasteiger charge is -2.47. The van der Waals surface area contributed by atoms with Crippen LogP contribution in [0.4, 0.5) is 11.4 Å². The topological polar surface area (TPSA) is 83.6 Å². The van der Waals surface area contributed by atoms with E-state index < -0.39 is 15.4 Å². The number of sulfonamides is 1. The Labute approximate surface area is 171 Å². The predicted molar refractivity (Wildman–Crippen MR) is 111 cm³/mol. The van der Waals surface area contributed by atoms with Crippen molar-refractivity contribution in [2.45, 2.75) is 38.5 Å². The van der Waals surface area contributed by atoms with Gasteiger partial charge in [-0.05, 0) is 54.7 Å². The Morgan fingerprint density at radius 1 is 0.966 bits per heavy atom. The zero-order valence-corrected chi connectivity index (χ0v) is 17.5. The highest BCUT2D eigenvalue weighted by atomic mass is 32.2. The summed E-state index contributed by atoms with van der Waals surface area (Å²) in [6.45, 7) is 5.91. The van der Waals surface area contributed by atoms with E-state index in [-0.39, 0.29) is 28.0 Å². The Morgan fingerprint density at radius 3 is 2.21 bits per heavy atom. The molecule has 1 aliphatic carbocycles. The van der Waals surface area contributed by atoms with Crippen LogP contribution in [0.5, 0.6) is 0 Å². The average molecular weight is 413 g/mol. The molecule has 2 amide bonds. The van der Waals surface area contributed by atoms with Crippen LogP contribution in [0.2, 0.25) is 0 Å². The van der Waals surface area contributed by atoms with E-state index in [0.717, 1.165) is 0 Å². The normalized spacial score (nSPS) is 25.9. The first-order valence-electron chi connectivity index (χ1n) is 9.64. The van der Waals surface area contributed by atoms with Crippen LogP contribution in [-0.2, 0) is 19.6 Å². The van der Waals surface area contributed by atoms with E-state index in [4.69, 9.17) is 0 Å². The highest BCUT2D eigenvalue weighted by molar-refractivity contribution is 7.92. The number of hydrogen-bond donors (Lipinski definition) is 1. The summed E-state index contributed by atoms with van der Waals surface area (Å²) in [5, 5.41) is 0. The number of fused-ring (bicyclic) bond motifs is 2. The first-order valence-corrected chi connectivity index (χ1v) is 11.1. The second-order valence-corrected chi connectivity index (χ2v) is 10.3. The molecule has 0 radical (unpaired) electrons. The highest BCUT2D eigenvalue weighted by Crippen LogP contribution is 2.60. The van der Waals surface area contributed by atoms with Crippen LogP contribution in [0, 0.1) is 16.7 Å². The number of nitrogens with one attached hydrogen (secondary N) is 1. The van der Waals surface area contributed by atoms with E-state index >= 15 is 0 Å². The van der Waals surface area contributed by atoms with Crippen molar-refractivity contribution in [2.75, 3.05) is 9.62 Å². The average Bonchev–Trinajstić information content (AvgIpc) is 2.86. The minimum Gasteiger partial charge on any atom is -0.280 e. The SMILES string of the molecule is CC1(C)[C@H]2CC[C@]1(C)C(=O)N(c1ccc(S(=O)(=O)Nc3ccccc3)cc1)C2=O. The van der Waals surface area contributed by atoms with E-state index in [9.17, 15) is 18.0 Å². The number of benzene rings is 2. The molecule has 6 nitrogen and oxygen atoms in total. The molecule has 1 saturated carbocycles. The van der Waals surface area contributed by atoms with Crippen LogP contribution in [0.1, 0.15) is 33.6 Å². The first kappa shape index (κ1) is 19.6. The van der Waals surface area contributed by atoms with E-state index in [2.05, 4.69) is 4.72 Å². The van der Waals surface area contributed by atoms with E-state index in [0.29, 0.717) is 24.2 Å². The number of para-hydroxylation sites is 1. The van der Waals surface area contributed by atoms with Gasteiger partial charge in [-0.15, -0.1) is 0 Å². The number of amides is 2. The van der Waals surface area contributed by atoms with Crippen LogP contribution in [0.25, 0.3) is 0 Å². The van der Waals surface area contributed by atoms with E-state index in [1.54, 1.807) is 30.3 Å². The smallest absolute Gasteiger partial charge is 0.261 e. The minimum atomic E-state index is -3.77. The number of imide groups is 1. The van der Waals surface area contributed by atoms with E-state index in [1.165, 1.54) is 29.2 Å². The van der Waals surface area contributed by atoms with Crippen molar-refractivity contribution < 1.29 is 18.0 Å². The molecule has 1 N–H and O–H groups in total. The molecule has 0 spiro atoms. The molecule has 29 heavy (non-hydrogen) atoms. The van der Waals surface area contributed by atoms with Gasteiger partial charge in [0.2, 0.25) is 11.8 Å². The highest BCUT2D eigenvalue weighted by Gasteiger charge is 2.64. The molecule has 1 saturated heterocycles. The van der Waals surface area contributed by atoms with Gasteiger partial charge in [0, 0.05) is 11.6 Å². The van der Waals surface area contributed by atoms with Gasteiger partial charge < -0.3 is 0 Å². The number of hydrogen-bond acceptors (Lipinski definition) is 4. The number of nitrogens with zero attached hydrogens (tertiary/aromatic N) is 1. The molecular weight excluding hydrogens is 388 g/mol. The molecule has 1 aliphatic heterocycles. The fourth-order valence-corrected chi connectivity index (χ4v) is 5.62. The fraction of sp³-hybridized carbons (Fsp3) is 0.364. The van der Waals surface area contributed by atoms with Crippen molar-refractivity contribution in [1.29, 1.82) is 0 Å². The molecule has 2 fully saturated rings. The van der Waals surface area contributed by atoms with Crippen molar-refractivity contribution in [3.05, 3.63) is 54.6 Å². The Morgan fingerprint density at radius 2 is 1.59 bits per heavy atom. The zero-order chi connectivity index (χ0) is 21.0. The summed E-state index contributed by atoms with van der Waals surface area (Å²) >= 11 is 0. The third-order valence-electron chi connectivity index (χ3n) is 6.85. The standard InChI is InChI=1S/C22H24N2O4S/c1-21(2)18-13-14-22(21,3)20(26)24(19(18)25)16-9-11-17(12-10-16)29(27,28)23-15-7-5-4-6-8-15/h4-12,18,23H,13-14H2,1-3H3/t18-,22+/m0/s1. The van der Waals surface area contributed by atoms with Crippen LogP contribution < -0.4 is 9.62 Å². The molecule has 0 unspecified atom stereocenters. The van der Waals surface area contributed by atoms with Gasteiger partial charge in [0.15, 0.2) is 0 Å². The molecule has 2 aromatic carbocycles. The number of carbonyl (C=O) groups is 2. The molecule has 2 atom stereocenters. The van der Waals surface area contributed by atoms with Crippen LogP contribution >= 0.6 is 0 Å². The van der Waals surface area contributed by atoms with Gasteiger partial charge in [-0.25, -0.2) is 13.3 Å². The summed E-state index contributed by atoms with van der Waals surface area (Å²) in [6, 6.07) is 14.5. The van der Waals surface area contributed by atoms with Crippen LogP contribution in [0.3, 0.4) is 0 Å². The monoisotopic (exact) mass is 412 g/mol. The molecule has 2 aliphatic rings. The molecule has 2 aromatic rings. The summed E-state index contributed by atoms with van der Waals surface area (Å²) in [6.07, 6.45) is 1.37. The largest absolute Gasteiger partial charge is 0.280 e. The molecule has 0 aromatic heterocycles. The Bertz CT molecular complexity index is 1080. The van der Waals surface area contributed by atoms with Gasteiger partial charge in [-0.2, -0.15) is 0 Å². The Kier molecular flexibility index (Phi) is 4.35. The quantitative estimate of drug-likeness (QED) is 0.774. The van der Waals surface area contributed by atoms with Crippen LogP contribution in [0.15, 0.2) is 59.5 Å². The minimum absolute atomic E-state index is 0.0662. The van der Waals surface area contributed by atoms with Gasteiger partial charge in [-0.3, -0.25) is 14.3 Å². The van der Waals surface area contributed by atoms with Crippen molar-refractivity contribution in [3.8, 4) is 0 Å². The molecular formula is C22H24N2O4S. The number of carbonyl (C=O) groups excluding carboxylic acids is 2. The van der Waals surface area contributed by atoms with Gasteiger partial charge >= 0.3 is 0 Å². The first-order chi connectivity index (χ1) is 13.6.